The smallest absolute Gasteiger partial charge is 0.353 e. The molecule has 2 unspecified atom stereocenters. The Labute approximate surface area is 170 Å². The Morgan fingerprint density at radius 2 is 1.96 bits per heavy atom. The van der Waals surface area contributed by atoms with Crippen LogP contribution in [0.1, 0.15) is 25.3 Å². The lowest BCUT2D eigenvalue weighted by Gasteiger charge is -2.18. The number of aryl methyl sites for hydroxylation is 1. The second kappa shape index (κ2) is 9.13. The summed E-state index contributed by atoms with van der Waals surface area (Å²) in [5.74, 6) is -3.97. The Kier molecular flexibility index (Phi) is 7.33. The summed E-state index contributed by atoms with van der Waals surface area (Å²) in [4.78, 5) is 36.8. The SMILES string of the molecule is CC(CCc1ccc(Cl)c(Cl)c1)NC(=O)C1CN(CCC(F)(F)F)C(=O)C1=O. The molecule has 1 aromatic carbocycles. The number of hydrogen-bond acceptors (Lipinski definition) is 3. The van der Waals surface area contributed by atoms with E-state index in [2.05, 4.69) is 5.32 Å². The quantitative estimate of drug-likeness (QED) is 0.523. The first-order chi connectivity index (χ1) is 13.0. The highest BCUT2D eigenvalue weighted by molar-refractivity contribution is 6.42. The molecule has 154 valence electrons. The molecule has 1 saturated heterocycles. The number of Topliss-reactive ketones (excluding diaryl/α,β-unsaturated/α-hetero) is 1. The number of nitrogens with zero attached hydrogens (tertiary/aromatic N) is 1. The molecule has 2 atom stereocenters. The number of rotatable bonds is 7. The van der Waals surface area contributed by atoms with E-state index in [9.17, 15) is 27.6 Å². The number of ketones is 1. The van der Waals surface area contributed by atoms with Crippen molar-refractivity contribution in [2.45, 2.75) is 38.4 Å². The van der Waals surface area contributed by atoms with Gasteiger partial charge < -0.3 is 10.2 Å². The number of benzene rings is 1. The largest absolute Gasteiger partial charge is 0.390 e. The van der Waals surface area contributed by atoms with Crippen molar-refractivity contribution in [1.29, 1.82) is 0 Å². The van der Waals surface area contributed by atoms with Gasteiger partial charge in [0.1, 0.15) is 5.92 Å². The van der Waals surface area contributed by atoms with Crippen molar-refractivity contribution in [2.75, 3.05) is 13.1 Å². The highest BCUT2D eigenvalue weighted by Gasteiger charge is 2.44. The number of carbonyl (C=O) groups is 3. The summed E-state index contributed by atoms with van der Waals surface area (Å²) in [5.41, 5.74) is 0.918. The number of amides is 2. The van der Waals surface area contributed by atoms with Crippen LogP contribution in [0.3, 0.4) is 0 Å². The minimum atomic E-state index is -4.44. The molecule has 0 saturated carbocycles. The molecule has 0 bridgehead atoms. The molecule has 2 rings (SSSR count). The first-order valence-electron chi connectivity index (χ1n) is 8.62. The van der Waals surface area contributed by atoms with E-state index >= 15 is 0 Å². The number of nitrogens with one attached hydrogen (secondary N) is 1. The second-order valence-electron chi connectivity index (χ2n) is 6.73. The second-order valence-corrected chi connectivity index (χ2v) is 7.54. The number of likely N-dealkylation sites (tertiary alicyclic amines) is 1. The molecule has 10 heteroatoms. The van der Waals surface area contributed by atoms with Crippen molar-refractivity contribution in [3.8, 4) is 0 Å². The van der Waals surface area contributed by atoms with E-state index in [4.69, 9.17) is 23.2 Å². The van der Waals surface area contributed by atoms with Gasteiger partial charge in [0.2, 0.25) is 11.7 Å². The Morgan fingerprint density at radius 1 is 1.29 bits per heavy atom. The molecule has 1 heterocycles. The zero-order valence-electron chi connectivity index (χ0n) is 15.0. The minimum Gasteiger partial charge on any atom is -0.353 e. The van der Waals surface area contributed by atoms with Crippen LogP contribution in [0, 0.1) is 5.92 Å². The molecule has 28 heavy (non-hydrogen) atoms. The summed E-state index contributed by atoms with van der Waals surface area (Å²) in [7, 11) is 0. The van der Waals surface area contributed by atoms with Crippen LogP contribution in [-0.2, 0) is 20.8 Å². The maximum absolute atomic E-state index is 12.3. The lowest BCUT2D eigenvalue weighted by atomic mass is 10.0. The van der Waals surface area contributed by atoms with Gasteiger partial charge in [-0.1, -0.05) is 29.3 Å². The van der Waals surface area contributed by atoms with Crippen LogP contribution in [0.25, 0.3) is 0 Å². The normalized spacial score (nSPS) is 18.5. The monoisotopic (exact) mass is 438 g/mol. The van der Waals surface area contributed by atoms with Gasteiger partial charge in [0, 0.05) is 19.1 Å². The standard InChI is InChI=1S/C18H19Cl2F3N2O3/c1-10(2-3-11-4-5-13(19)14(20)8-11)24-16(27)12-9-25(17(28)15(12)26)7-6-18(21,22)23/h4-5,8,10,12H,2-3,6-7,9H2,1H3,(H,24,27). The van der Waals surface area contributed by atoms with Gasteiger partial charge in [0.25, 0.3) is 5.91 Å². The van der Waals surface area contributed by atoms with Gasteiger partial charge in [-0.25, -0.2) is 0 Å². The van der Waals surface area contributed by atoms with Crippen molar-refractivity contribution in [3.63, 3.8) is 0 Å². The summed E-state index contributed by atoms with van der Waals surface area (Å²) in [6.45, 7) is 0.766. The topological polar surface area (TPSA) is 66.5 Å². The first-order valence-corrected chi connectivity index (χ1v) is 9.37. The lowest BCUT2D eigenvalue weighted by molar-refractivity contribution is -0.147. The predicted octanol–water partition coefficient (Wildman–Crippen LogP) is 3.41. The minimum absolute atomic E-state index is 0.311. The van der Waals surface area contributed by atoms with Crippen LogP contribution >= 0.6 is 23.2 Å². The van der Waals surface area contributed by atoms with E-state index in [1.54, 1.807) is 25.1 Å². The van der Waals surface area contributed by atoms with Gasteiger partial charge in [-0.2, -0.15) is 13.2 Å². The van der Waals surface area contributed by atoms with Gasteiger partial charge >= 0.3 is 6.18 Å². The van der Waals surface area contributed by atoms with E-state index in [0.717, 1.165) is 10.5 Å². The summed E-state index contributed by atoms with van der Waals surface area (Å²) < 4.78 is 36.9. The third-order valence-corrected chi connectivity index (χ3v) is 5.18. The van der Waals surface area contributed by atoms with E-state index < -0.39 is 42.7 Å². The van der Waals surface area contributed by atoms with Crippen molar-refractivity contribution in [3.05, 3.63) is 33.8 Å². The van der Waals surface area contributed by atoms with Crippen molar-refractivity contribution < 1.29 is 27.6 Å². The number of carbonyl (C=O) groups excluding carboxylic acids is 3. The fourth-order valence-corrected chi connectivity index (χ4v) is 3.16. The molecule has 5 nitrogen and oxygen atoms in total. The van der Waals surface area contributed by atoms with Gasteiger partial charge in [-0.15, -0.1) is 0 Å². The zero-order valence-corrected chi connectivity index (χ0v) is 16.5. The van der Waals surface area contributed by atoms with E-state index in [1.165, 1.54) is 0 Å². The Balaban J connectivity index is 1.86. The fourth-order valence-electron chi connectivity index (χ4n) is 2.84. The summed E-state index contributed by atoms with van der Waals surface area (Å²) in [6, 6.07) is 4.88. The lowest BCUT2D eigenvalue weighted by Crippen LogP contribution is -2.40. The van der Waals surface area contributed by atoms with Crippen molar-refractivity contribution in [2.24, 2.45) is 5.92 Å². The predicted molar refractivity (Wildman–Crippen MR) is 98.1 cm³/mol. The Morgan fingerprint density at radius 3 is 2.57 bits per heavy atom. The third kappa shape index (κ3) is 6.10. The molecule has 2 amide bonds. The van der Waals surface area contributed by atoms with Crippen LogP contribution in [0.2, 0.25) is 10.0 Å². The highest BCUT2D eigenvalue weighted by atomic mass is 35.5. The number of alkyl halides is 3. The molecule has 0 aliphatic carbocycles. The van der Waals surface area contributed by atoms with E-state index in [-0.39, 0.29) is 12.6 Å². The molecule has 1 N–H and O–H groups in total. The molecule has 1 fully saturated rings. The molecule has 1 aliphatic heterocycles. The highest BCUT2D eigenvalue weighted by Crippen LogP contribution is 2.24. The van der Waals surface area contributed by atoms with Crippen LogP contribution in [0.4, 0.5) is 13.2 Å². The molecular formula is C18H19Cl2F3N2O3. The van der Waals surface area contributed by atoms with Crippen LogP contribution in [0.15, 0.2) is 18.2 Å². The molecule has 1 aliphatic rings. The molecular weight excluding hydrogens is 420 g/mol. The fraction of sp³-hybridized carbons (Fsp3) is 0.500. The zero-order chi connectivity index (χ0) is 21.1. The average molecular weight is 439 g/mol. The summed E-state index contributed by atoms with van der Waals surface area (Å²) in [6.07, 6.45) is -4.53. The van der Waals surface area contributed by atoms with Crippen LogP contribution in [0.5, 0.6) is 0 Å². The Hall–Kier alpha value is -1.80. The molecule has 1 aromatic rings. The summed E-state index contributed by atoms with van der Waals surface area (Å²) in [5, 5.41) is 3.50. The average Bonchev–Trinajstić information content (AvgIpc) is 2.88. The van der Waals surface area contributed by atoms with Gasteiger partial charge in [-0.05, 0) is 37.5 Å². The molecule has 0 radical (unpaired) electrons. The summed E-state index contributed by atoms with van der Waals surface area (Å²) >= 11 is 11.8. The van der Waals surface area contributed by atoms with Gasteiger partial charge in [0.15, 0.2) is 0 Å². The van der Waals surface area contributed by atoms with Crippen molar-refractivity contribution >= 4 is 40.8 Å². The number of hydrogen-bond donors (Lipinski definition) is 1. The van der Waals surface area contributed by atoms with Crippen molar-refractivity contribution in [1.82, 2.24) is 10.2 Å². The molecule has 0 spiro atoms. The van der Waals surface area contributed by atoms with Gasteiger partial charge in [0.05, 0.1) is 16.5 Å². The van der Waals surface area contributed by atoms with E-state index in [0.29, 0.717) is 22.9 Å². The van der Waals surface area contributed by atoms with Crippen LogP contribution < -0.4 is 5.32 Å². The third-order valence-electron chi connectivity index (χ3n) is 4.44. The van der Waals surface area contributed by atoms with Crippen LogP contribution in [-0.4, -0.2) is 47.8 Å². The van der Waals surface area contributed by atoms with E-state index in [1.807, 2.05) is 0 Å². The van der Waals surface area contributed by atoms with Gasteiger partial charge in [-0.3, -0.25) is 14.4 Å². The molecule has 0 aromatic heterocycles. The number of halogens is 5. The Bertz CT molecular complexity index is 771. The maximum Gasteiger partial charge on any atom is 0.390 e. The first kappa shape index (κ1) is 22.5. The maximum atomic E-state index is 12.3.